The first kappa shape index (κ1) is 18.0. The minimum Gasteiger partial charge on any atom is -0.272 e. The van der Waals surface area contributed by atoms with Crippen molar-refractivity contribution in [2.24, 2.45) is 0 Å². The van der Waals surface area contributed by atoms with Gasteiger partial charge in [0.05, 0.1) is 17.6 Å². The first-order valence-electron chi connectivity index (χ1n) is 6.00. The predicted molar refractivity (Wildman–Crippen MR) is 69.7 cm³/mol. The van der Waals surface area contributed by atoms with E-state index in [-0.39, 0.29) is 11.4 Å². The van der Waals surface area contributed by atoms with Gasteiger partial charge in [0.15, 0.2) is 5.69 Å². The summed E-state index contributed by atoms with van der Waals surface area (Å²) in [4.78, 5) is 3.63. The van der Waals surface area contributed by atoms with Gasteiger partial charge in [-0.1, -0.05) is 0 Å². The number of alkyl halides is 6. The number of anilines is 1. The molecule has 0 amide bonds. The Bertz CT molecular complexity index is 856. The summed E-state index contributed by atoms with van der Waals surface area (Å²) in [5.74, 6) is 0. The molecule has 2 heterocycles. The number of aromatic nitrogens is 3. The van der Waals surface area contributed by atoms with Crippen LogP contribution in [-0.2, 0) is 16.2 Å². The summed E-state index contributed by atoms with van der Waals surface area (Å²) >= 11 is 0. The molecule has 0 bridgehead atoms. The van der Waals surface area contributed by atoms with Crippen LogP contribution in [0, 0.1) is 6.92 Å². The van der Waals surface area contributed by atoms with Gasteiger partial charge in [0.25, 0.3) is 0 Å². The minimum absolute atomic E-state index is 0.226. The van der Waals surface area contributed by atoms with Gasteiger partial charge in [-0.3, -0.25) is 9.71 Å². The third-order valence-electron chi connectivity index (χ3n) is 2.69. The molecule has 132 valence electrons. The van der Waals surface area contributed by atoms with E-state index >= 15 is 0 Å². The molecule has 6 nitrogen and oxygen atoms in total. The Hall–Kier alpha value is -2.31. The molecule has 13 heteroatoms. The van der Waals surface area contributed by atoms with Crippen LogP contribution < -0.4 is 4.72 Å². The van der Waals surface area contributed by atoms with E-state index in [9.17, 15) is 34.8 Å². The van der Waals surface area contributed by atoms with E-state index in [0.717, 1.165) is 18.5 Å². The van der Waals surface area contributed by atoms with Crippen molar-refractivity contribution >= 4 is 15.7 Å². The van der Waals surface area contributed by atoms with E-state index in [1.54, 1.807) is 0 Å². The topological polar surface area (TPSA) is 76.9 Å². The lowest BCUT2D eigenvalue weighted by atomic mass is 10.3. The summed E-state index contributed by atoms with van der Waals surface area (Å²) in [5, 5.41) is 3.19. The average molecular weight is 374 g/mol. The van der Waals surface area contributed by atoms with Gasteiger partial charge in [-0.25, -0.2) is 4.68 Å². The Balaban J connectivity index is 2.52. The van der Waals surface area contributed by atoms with Crippen LogP contribution in [0.5, 0.6) is 0 Å². The van der Waals surface area contributed by atoms with Crippen LogP contribution in [0.4, 0.5) is 32.0 Å². The van der Waals surface area contributed by atoms with Gasteiger partial charge in [-0.05, 0) is 19.1 Å². The lowest BCUT2D eigenvalue weighted by Crippen LogP contribution is -2.30. The highest BCUT2D eigenvalue weighted by Gasteiger charge is 2.46. The maximum Gasteiger partial charge on any atom is 0.516 e. The number of sulfonamides is 1. The normalized spacial score (nSPS) is 13.1. The highest BCUT2D eigenvalue weighted by molar-refractivity contribution is 7.93. The van der Waals surface area contributed by atoms with Crippen molar-refractivity contribution in [1.29, 1.82) is 0 Å². The third kappa shape index (κ3) is 3.60. The molecule has 0 fully saturated rings. The summed E-state index contributed by atoms with van der Waals surface area (Å²) in [7, 11) is -5.77. The molecule has 2 rings (SSSR count). The number of hydrogen-bond donors (Lipinski definition) is 1. The zero-order chi connectivity index (χ0) is 18.3. The largest absolute Gasteiger partial charge is 0.516 e. The summed E-state index contributed by atoms with van der Waals surface area (Å²) < 4.78 is 99.3. The van der Waals surface area contributed by atoms with E-state index in [0.29, 0.717) is 10.7 Å². The van der Waals surface area contributed by atoms with Crippen LogP contribution in [0.3, 0.4) is 0 Å². The van der Waals surface area contributed by atoms with Crippen molar-refractivity contribution in [1.82, 2.24) is 14.8 Å². The molecular weight excluding hydrogens is 366 g/mol. The molecule has 0 spiro atoms. The van der Waals surface area contributed by atoms with Crippen LogP contribution in [0.1, 0.15) is 11.4 Å². The van der Waals surface area contributed by atoms with Gasteiger partial charge in [0, 0.05) is 11.9 Å². The van der Waals surface area contributed by atoms with Crippen molar-refractivity contribution in [3.63, 3.8) is 0 Å². The predicted octanol–water partition coefficient (Wildman–Crippen LogP) is 2.86. The van der Waals surface area contributed by atoms with Crippen LogP contribution in [0.2, 0.25) is 0 Å². The molecule has 0 saturated heterocycles. The van der Waals surface area contributed by atoms with Gasteiger partial charge in [0.2, 0.25) is 0 Å². The van der Waals surface area contributed by atoms with Crippen LogP contribution >= 0.6 is 0 Å². The fourth-order valence-corrected chi connectivity index (χ4v) is 2.19. The van der Waals surface area contributed by atoms with Gasteiger partial charge in [0.1, 0.15) is 0 Å². The second kappa shape index (κ2) is 5.65. The molecule has 0 atom stereocenters. The number of rotatable bonds is 3. The Morgan fingerprint density at radius 2 is 1.79 bits per heavy atom. The molecule has 0 saturated carbocycles. The smallest absolute Gasteiger partial charge is 0.272 e. The van der Waals surface area contributed by atoms with E-state index in [4.69, 9.17) is 0 Å². The third-order valence-corrected chi connectivity index (χ3v) is 3.79. The molecule has 0 aliphatic heterocycles. The van der Waals surface area contributed by atoms with Crippen LogP contribution in [0.25, 0.3) is 5.69 Å². The highest BCUT2D eigenvalue weighted by Crippen LogP contribution is 2.31. The van der Waals surface area contributed by atoms with E-state index in [2.05, 4.69) is 10.1 Å². The SMILES string of the molecule is Cc1cc(-n2ccc(C(F)(F)F)n2)c(NS(=O)(=O)C(F)(F)F)cn1. The number of pyridine rings is 1. The molecule has 24 heavy (non-hydrogen) atoms. The van der Waals surface area contributed by atoms with Crippen LogP contribution in [0.15, 0.2) is 24.5 Å². The number of hydrogen-bond acceptors (Lipinski definition) is 4. The van der Waals surface area contributed by atoms with Crippen molar-refractivity contribution < 1.29 is 34.8 Å². The lowest BCUT2D eigenvalue weighted by Gasteiger charge is -2.14. The maximum absolute atomic E-state index is 12.6. The van der Waals surface area contributed by atoms with Gasteiger partial charge < -0.3 is 0 Å². The first-order chi connectivity index (χ1) is 10.8. The Labute approximate surface area is 131 Å². The molecule has 0 aliphatic rings. The van der Waals surface area contributed by atoms with E-state index < -0.39 is 33.1 Å². The van der Waals surface area contributed by atoms with Crippen molar-refractivity contribution in [2.45, 2.75) is 18.6 Å². The molecule has 0 aromatic carbocycles. The zero-order valence-corrected chi connectivity index (χ0v) is 12.5. The van der Waals surface area contributed by atoms with E-state index in [1.165, 1.54) is 11.6 Å². The fourth-order valence-electron chi connectivity index (χ4n) is 1.63. The lowest BCUT2D eigenvalue weighted by molar-refractivity contribution is -0.141. The number of aryl methyl sites for hydroxylation is 1. The molecule has 0 aliphatic carbocycles. The fraction of sp³-hybridized carbons (Fsp3) is 0.273. The average Bonchev–Trinajstić information content (AvgIpc) is 2.88. The molecule has 0 radical (unpaired) electrons. The number of nitrogens with one attached hydrogen (secondary N) is 1. The molecular formula is C11H8F6N4O2S. The minimum atomic E-state index is -5.77. The highest BCUT2D eigenvalue weighted by atomic mass is 32.2. The Morgan fingerprint density at radius 1 is 1.17 bits per heavy atom. The standard InChI is InChI=1S/C11H8F6N4O2S/c1-6-4-8(21-3-2-9(19-21)10(12,13)14)7(5-18-6)20-24(22,23)11(15,16)17/h2-5,20H,1H3. The summed E-state index contributed by atoms with van der Waals surface area (Å²) in [6.07, 6.45) is -3.18. The molecule has 2 aromatic rings. The summed E-state index contributed by atoms with van der Waals surface area (Å²) in [6.45, 7) is 1.42. The van der Waals surface area contributed by atoms with E-state index in [1.807, 2.05) is 0 Å². The quantitative estimate of drug-likeness (QED) is 0.839. The van der Waals surface area contributed by atoms with Gasteiger partial charge in [-0.2, -0.15) is 39.9 Å². The molecule has 2 aromatic heterocycles. The maximum atomic E-state index is 12.6. The van der Waals surface area contributed by atoms with Gasteiger partial charge in [-0.15, -0.1) is 0 Å². The monoisotopic (exact) mass is 374 g/mol. The number of nitrogens with zero attached hydrogens (tertiary/aromatic N) is 3. The zero-order valence-electron chi connectivity index (χ0n) is 11.6. The summed E-state index contributed by atoms with van der Waals surface area (Å²) in [6, 6.07) is 1.68. The summed E-state index contributed by atoms with van der Waals surface area (Å²) in [5.41, 5.74) is -7.68. The van der Waals surface area contributed by atoms with Crippen LogP contribution in [-0.4, -0.2) is 28.7 Å². The number of halogens is 6. The molecule has 0 unspecified atom stereocenters. The van der Waals surface area contributed by atoms with Gasteiger partial charge >= 0.3 is 21.7 Å². The second-order valence-corrected chi connectivity index (χ2v) is 6.21. The molecule has 1 N–H and O–H groups in total. The van der Waals surface area contributed by atoms with Crippen molar-refractivity contribution in [3.05, 3.63) is 35.9 Å². The Kier molecular flexibility index (Phi) is 4.24. The Morgan fingerprint density at radius 3 is 2.29 bits per heavy atom. The first-order valence-corrected chi connectivity index (χ1v) is 7.48. The van der Waals surface area contributed by atoms with Crippen molar-refractivity contribution in [2.75, 3.05) is 4.72 Å². The van der Waals surface area contributed by atoms with Crippen molar-refractivity contribution in [3.8, 4) is 5.69 Å². The second-order valence-electron chi connectivity index (χ2n) is 4.54.